The predicted octanol–water partition coefficient (Wildman–Crippen LogP) is 5.05. The van der Waals surface area contributed by atoms with Gasteiger partial charge in [-0.05, 0) is 52.3 Å². The Morgan fingerprint density at radius 1 is 1.00 bits per heavy atom. The number of carbonyl (C=O) groups excluding carboxylic acids is 2. The van der Waals surface area contributed by atoms with Crippen LogP contribution in [-0.2, 0) is 26.2 Å². The zero-order valence-corrected chi connectivity index (χ0v) is 23.6. The second-order valence-corrected chi connectivity index (χ2v) is 12.5. The maximum Gasteiger partial charge on any atom is 0.244 e. The van der Waals surface area contributed by atoms with Gasteiger partial charge in [-0.3, -0.25) is 13.9 Å². The number of aryl methyl sites for hydroxylation is 1. The largest absolute Gasteiger partial charge is 0.350 e. The van der Waals surface area contributed by atoms with Crippen molar-refractivity contribution in [3.63, 3.8) is 0 Å². The van der Waals surface area contributed by atoms with Crippen molar-refractivity contribution in [3.8, 4) is 0 Å². The molecule has 2 rings (SSSR count). The van der Waals surface area contributed by atoms with Gasteiger partial charge in [0.2, 0.25) is 21.8 Å². The van der Waals surface area contributed by atoms with Crippen LogP contribution in [0.2, 0.25) is 15.1 Å². The molecule has 0 spiro atoms. The van der Waals surface area contributed by atoms with Gasteiger partial charge in [-0.25, -0.2) is 8.42 Å². The Balaban J connectivity index is 2.47. The number of sulfonamides is 1. The Bertz CT molecular complexity index is 1200. The molecule has 11 heteroatoms. The van der Waals surface area contributed by atoms with E-state index in [1.165, 1.54) is 17.0 Å². The Hall–Kier alpha value is -2.00. The average molecular weight is 563 g/mol. The lowest BCUT2D eigenvalue weighted by molar-refractivity contribution is -0.140. The number of hydrogen-bond acceptors (Lipinski definition) is 4. The van der Waals surface area contributed by atoms with Gasteiger partial charge < -0.3 is 10.2 Å². The van der Waals surface area contributed by atoms with E-state index in [0.717, 1.165) is 21.7 Å². The van der Waals surface area contributed by atoms with E-state index in [9.17, 15) is 18.0 Å². The Labute approximate surface area is 222 Å². The minimum atomic E-state index is -3.95. The average Bonchev–Trinajstić information content (AvgIpc) is 2.71. The second kappa shape index (κ2) is 11.4. The Morgan fingerprint density at radius 3 is 2.06 bits per heavy atom. The van der Waals surface area contributed by atoms with E-state index in [0.29, 0.717) is 0 Å². The molecule has 0 fully saturated rings. The molecule has 35 heavy (non-hydrogen) atoms. The summed E-state index contributed by atoms with van der Waals surface area (Å²) in [7, 11) is -3.95. The molecule has 0 saturated heterocycles. The van der Waals surface area contributed by atoms with Gasteiger partial charge in [0.05, 0.1) is 27.0 Å². The number of nitrogens with one attached hydrogen (secondary N) is 1. The standard InChI is InChI=1S/C24H30Cl3N3O4S/c1-15-7-9-17(10-8-15)13-29(16(2)23(32)28-24(3,4)5)22(31)14-30(35(6,33)34)21-12-19(26)18(25)11-20(21)27/h7-12,16H,13-14H2,1-6H3,(H,28,32)/t16-/m1/s1. The minimum Gasteiger partial charge on any atom is -0.350 e. The van der Waals surface area contributed by atoms with Gasteiger partial charge in [0, 0.05) is 12.1 Å². The number of benzene rings is 2. The lowest BCUT2D eigenvalue weighted by Crippen LogP contribution is -2.54. The molecule has 2 aromatic carbocycles. The molecule has 0 heterocycles. The highest BCUT2D eigenvalue weighted by Gasteiger charge is 2.32. The summed E-state index contributed by atoms with van der Waals surface area (Å²) in [5.41, 5.74) is 1.33. The monoisotopic (exact) mass is 561 g/mol. The smallest absolute Gasteiger partial charge is 0.244 e. The van der Waals surface area contributed by atoms with E-state index >= 15 is 0 Å². The quantitative estimate of drug-likeness (QED) is 0.456. The zero-order chi connectivity index (χ0) is 26.7. The summed E-state index contributed by atoms with van der Waals surface area (Å²) in [6.07, 6.45) is 0.958. The van der Waals surface area contributed by atoms with E-state index in [4.69, 9.17) is 34.8 Å². The Morgan fingerprint density at radius 2 is 1.54 bits per heavy atom. The van der Waals surface area contributed by atoms with Crippen molar-refractivity contribution < 1.29 is 18.0 Å². The van der Waals surface area contributed by atoms with Crippen molar-refractivity contribution in [2.24, 2.45) is 0 Å². The molecule has 1 N–H and O–H groups in total. The molecule has 0 aliphatic rings. The van der Waals surface area contributed by atoms with Crippen LogP contribution < -0.4 is 9.62 Å². The first-order chi connectivity index (χ1) is 16.0. The number of hydrogen-bond donors (Lipinski definition) is 1. The molecule has 192 valence electrons. The summed E-state index contributed by atoms with van der Waals surface area (Å²) in [6.45, 7) is 8.56. The number of nitrogens with zero attached hydrogens (tertiary/aromatic N) is 2. The first-order valence-electron chi connectivity index (χ1n) is 10.8. The fourth-order valence-electron chi connectivity index (χ4n) is 3.24. The third kappa shape index (κ3) is 8.27. The molecule has 1 atom stereocenters. The summed E-state index contributed by atoms with van der Waals surface area (Å²) in [4.78, 5) is 27.8. The highest BCUT2D eigenvalue weighted by atomic mass is 35.5. The molecule has 0 aromatic heterocycles. The van der Waals surface area contributed by atoms with Crippen LogP contribution in [0, 0.1) is 6.92 Å². The van der Waals surface area contributed by atoms with Gasteiger partial charge in [0.25, 0.3) is 0 Å². The first kappa shape index (κ1) is 29.2. The molecule has 0 aliphatic heterocycles. The third-order valence-electron chi connectivity index (χ3n) is 5.08. The van der Waals surface area contributed by atoms with Gasteiger partial charge >= 0.3 is 0 Å². The van der Waals surface area contributed by atoms with Gasteiger partial charge in [-0.15, -0.1) is 0 Å². The molecule has 7 nitrogen and oxygen atoms in total. The predicted molar refractivity (Wildman–Crippen MR) is 143 cm³/mol. The van der Waals surface area contributed by atoms with Crippen LogP contribution in [0.1, 0.15) is 38.8 Å². The van der Waals surface area contributed by atoms with E-state index in [1.807, 2.05) is 52.0 Å². The molecule has 0 bridgehead atoms. The zero-order valence-electron chi connectivity index (χ0n) is 20.5. The van der Waals surface area contributed by atoms with Crippen molar-refractivity contribution in [2.45, 2.75) is 52.7 Å². The maximum absolute atomic E-state index is 13.6. The summed E-state index contributed by atoms with van der Waals surface area (Å²) in [5, 5.41) is 3.12. The molecule has 0 saturated carbocycles. The fourth-order valence-corrected chi connectivity index (χ4v) is 4.79. The van der Waals surface area contributed by atoms with E-state index in [2.05, 4.69) is 5.32 Å². The number of amides is 2. The summed E-state index contributed by atoms with van der Waals surface area (Å²) in [6, 6.07) is 9.23. The van der Waals surface area contributed by atoms with Crippen LogP contribution in [-0.4, -0.2) is 49.5 Å². The molecular weight excluding hydrogens is 533 g/mol. The summed E-state index contributed by atoms with van der Waals surface area (Å²) in [5.74, 6) is -0.953. The highest BCUT2D eigenvalue weighted by molar-refractivity contribution is 7.92. The van der Waals surface area contributed by atoms with Crippen molar-refractivity contribution >= 4 is 62.3 Å². The van der Waals surface area contributed by atoms with Gasteiger partial charge in [0.1, 0.15) is 12.6 Å². The number of rotatable bonds is 8. The van der Waals surface area contributed by atoms with E-state index < -0.39 is 34.1 Å². The van der Waals surface area contributed by atoms with Crippen LogP contribution in [0.15, 0.2) is 36.4 Å². The topological polar surface area (TPSA) is 86.8 Å². The molecular formula is C24H30Cl3N3O4S. The van der Waals surface area contributed by atoms with Crippen molar-refractivity contribution in [1.82, 2.24) is 10.2 Å². The normalized spacial score (nSPS) is 12.7. The first-order valence-corrected chi connectivity index (χ1v) is 13.8. The van der Waals surface area contributed by atoms with Gasteiger partial charge in [-0.2, -0.15) is 0 Å². The SMILES string of the molecule is Cc1ccc(CN(C(=O)CN(c2cc(Cl)c(Cl)cc2Cl)S(C)(=O)=O)[C@H](C)C(=O)NC(C)(C)C)cc1. The lowest BCUT2D eigenvalue weighted by Gasteiger charge is -2.33. The number of halogens is 3. The summed E-state index contributed by atoms with van der Waals surface area (Å²) >= 11 is 18.3. The molecule has 0 aliphatic carbocycles. The van der Waals surface area contributed by atoms with Gasteiger partial charge in [0.15, 0.2) is 0 Å². The van der Waals surface area contributed by atoms with Crippen LogP contribution in [0.25, 0.3) is 0 Å². The molecule has 0 radical (unpaired) electrons. The minimum absolute atomic E-state index is 0.0130. The third-order valence-corrected chi connectivity index (χ3v) is 7.23. The molecule has 0 unspecified atom stereocenters. The van der Waals surface area contributed by atoms with Crippen molar-refractivity contribution in [3.05, 3.63) is 62.6 Å². The van der Waals surface area contributed by atoms with Crippen LogP contribution >= 0.6 is 34.8 Å². The molecule has 2 aromatic rings. The second-order valence-electron chi connectivity index (χ2n) is 9.41. The van der Waals surface area contributed by atoms with Crippen LogP contribution in [0.3, 0.4) is 0 Å². The number of anilines is 1. The van der Waals surface area contributed by atoms with Gasteiger partial charge in [-0.1, -0.05) is 64.6 Å². The van der Waals surface area contributed by atoms with Crippen molar-refractivity contribution in [1.29, 1.82) is 0 Å². The van der Waals surface area contributed by atoms with Crippen molar-refractivity contribution in [2.75, 3.05) is 17.1 Å². The van der Waals surface area contributed by atoms with Crippen LogP contribution in [0.5, 0.6) is 0 Å². The lowest BCUT2D eigenvalue weighted by atomic mass is 10.1. The summed E-state index contributed by atoms with van der Waals surface area (Å²) < 4.78 is 26.2. The van der Waals surface area contributed by atoms with E-state index in [-0.39, 0.29) is 33.2 Å². The fraction of sp³-hybridized carbons (Fsp3) is 0.417. The highest BCUT2D eigenvalue weighted by Crippen LogP contribution is 2.35. The Kier molecular flexibility index (Phi) is 9.50. The molecule has 2 amide bonds. The number of carbonyl (C=O) groups is 2. The van der Waals surface area contributed by atoms with E-state index in [1.54, 1.807) is 6.92 Å². The maximum atomic E-state index is 13.6. The van der Waals surface area contributed by atoms with Crippen LogP contribution in [0.4, 0.5) is 5.69 Å².